The first-order valence-corrected chi connectivity index (χ1v) is 12.5. The van der Waals surface area contributed by atoms with Crippen molar-refractivity contribution in [3.8, 4) is 22.5 Å². The van der Waals surface area contributed by atoms with Crippen molar-refractivity contribution in [2.45, 2.75) is 53.1 Å². The van der Waals surface area contributed by atoms with Crippen LogP contribution in [-0.4, -0.2) is 34.7 Å². The highest BCUT2D eigenvalue weighted by Crippen LogP contribution is 2.57. The van der Waals surface area contributed by atoms with E-state index in [2.05, 4.69) is 53.3 Å². The second-order valence-electron chi connectivity index (χ2n) is 10.1. The molecule has 1 fully saturated rings. The molecular weight excluding hydrogens is 438 g/mol. The summed E-state index contributed by atoms with van der Waals surface area (Å²) in [7, 11) is 0. The van der Waals surface area contributed by atoms with Gasteiger partial charge in [0.1, 0.15) is 0 Å². The van der Waals surface area contributed by atoms with Gasteiger partial charge in [0.05, 0.1) is 6.54 Å². The monoisotopic (exact) mass is 471 g/mol. The normalized spacial score (nSPS) is 20.3. The first-order chi connectivity index (χ1) is 17.0. The van der Waals surface area contributed by atoms with Gasteiger partial charge in [-0.05, 0) is 58.1 Å². The first kappa shape index (κ1) is 23.2. The summed E-state index contributed by atoms with van der Waals surface area (Å²) >= 11 is 0. The van der Waals surface area contributed by atoms with Crippen LogP contribution < -0.4 is 5.69 Å². The van der Waals surface area contributed by atoms with E-state index in [1.807, 2.05) is 58.1 Å². The average Bonchev–Trinajstić information content (AvgIpc) is 3.18. The number of imidazole rings is 1. The average molecular weight is 472 g/mol. The van der Waals surface area contributed by atoms with Crippen molar-refractivity contribution < 1.29 is 0 Å². The molecule has 3 heterocycles. The van der Waals surface area contributed by atoms with E-state index in [1.165, 1.54) is 0 Å². The molecule has 1 aliphatic rings. The van der Waals surface area contributed by atoms with Crippen LogP contribution in [0.1, 0.15) is 52.1 Å². The Hall–Kier alpha value is -3.55. The van der Waals surface area contributed by atoms with Crippen molar-refractivity contribution in [2.75, 3.05) is 0 Å². The number of hydrogen-bond donors (Lipinski definition) is 1. The quantitative estimate of drug-likeness (QED) is 0.378. The molecule has 0 bridgehead atoms. The number of aromatic nitrogens is 7. The highest BCUT2D eigenvalue weighted by atomic mass is 16.1. The topological polar surface area (TPSA) is 94.3 Å². The highest BCUT2D eigenvalue weighted by Gasteiger charge is 2.52. The van der Waals surface area contributed by atoms with Gasteiger partial charge in [-0.1, -0.05) is 58.4 Å². The van der Waals surface area contributed by atoms with E-state index in [1.54, 1.807) is 6.20 Å². The number of benzene rings is 1. The van der Waals surface area contributed by atoms with Crippen LogP contribution in [-0.2, 0) is 6.54 Å². The summed E-state index contributed by atoms with van der Waals surface area (Å²) in [5, 5.41) is 14.2. The predicted octanol–water partition coefficient (Wildman–Crippen LogP) is 4.82. The molecule has 1 aromatic carbocycles. The van der Waals surface area contributed by atoms with E-state index in [4.69, 9.17) is 0 Å². The van der Waals surface area contributed by atoms with Gasteiger partial charge in [0.2, 0.25) is 5.82 Å². The Labute approximate surface area is 205 Å². The molecule has 4 aromatic rings. The summed E-state index contributed by atoms with van der Waals surface area (Å²) in [5.41, 5.74) is 4.07. The Bertz CT molecular complexity index is 1320. The Morgan fingerprint density at radius 3 is 2.49 bits per heavy atom. The Morgan fingerprint density at radius 1 is 1.06 bits per heavy atom. The molecule has 0 radical (unpaired) electrons. The third kappa shape index (κ3) is 4.45. The lowest BCUT2D eigenvalue weighted by Gasteiger charge is -2.18. The van der Waals surface area contributed by atoms with Gasteiger partial charge in [0, 0.05) is 36.4 Å². The number of hydrogen-bond acceptors (Lipinski definition) is 5. The Balaban J connectivity index is 1.41. The SMILES string of the molecule is CCCC(C1C(C)C1C(C)C)n1ccn(Cc2cnccc2-c2ccc(-c3nn[nH]n3)cc2)c1=O. The fraction of sp³-hybridized carbons (Fsp3) is 0.444. The molecule has 0 aliphatic heterocycles. The van der Waals surface area contributed by atoms with Gasteiger partial charge in [0.15, 0.2) is 0 Å². The standard InChI is InChI=1S/C27H33N7O/c1-5-6-23(25-18(4)24(25)17(2)3)34-14-13-33(27(34)35)16-21-15-28-12-11-22(21)19-7-9-20(10-8-19)26-29-31-32-30-26/h7-15,17-18,23-25H,5-6,16H2,1-4H3,(H,29,30,31,32). The van der Waals surface area contributed by atoms with E-state index in [-0.39, 0.29) is 11.7 Å². The van der Waals surface area contributed by atoms with Crippen molar-refractivity contribution >= 4 is 0 Å². The Morgan fingerprint density at radius 2 is 1.83 bits per heavy atom. The summed E-state index contributed by atoms with van der Waals surface area (Å²) in [5.74, 6) is 3.15. The molecule has 8 nitrogen and oxygen atoms in total. The fourth-order valence-electron chi connectivity index (χ4n) is 5.90. The van der Waals surface area contributed by atoms with E-state index in [0.717, 1.165) is 35.1 Å². The number of aromatic amines is 1. The van der Waals surface area contributed by atoms with Gasteiger partial charge < -0.3 is 0 Å². The zero-order valence-corrected chi connectivity index (χ0v) is 20.8. The summed E-state index contributed by atoms with van der Waals surface area (Å²) in [6, 6.07) is 10.3. The zero-order valence-electron chi connectivity index (χ0n) is 20.8. The molecule has 182 valence electrons. The second kappa shape index (κ2) is 9.60. The predicted molar refractivity (Wildman–Crippen MR) is 136 cm³/mol. The van der Waals surface area contributed by atoms with Crippen molar-refractivity contribution in [1.29, 1.82) is 0 Å². The Kier molecular flexibility index (Phi) is 6.36. The third-order valence-corrected chi connectivity index (χ3v) is 7.59. The van der Waals surface area contributed by atoms with Crippen LogP contribution in [0.4, 0.5) is 0 Å². The maximum Gasteiger partial charge on any atom is 0.328 e. The van der Waals surface area contributed by atoms with Crippen LogP contribution in [0.15, 0.2) is 59.9 Å². The lowest BCUT2D eigenvalue weighted by atomic mass is 10.00. The molecule has 4 unspecified atom stereocenters. The molecule has 35 heavy (non-hydrogen) atoms. The number of nitrogens with one attached hydrogen (secondary N) is 1. The molecule has 1 saturated carbocycles. The van der Waals surface area contributed by atoms with Crippen LogP contribution in [0.2, 0.25) is 0 Å². The van der Waals surface area contributed by atoms with E-state index in [0.29, 0.717) is 36.0 Å². The van der Waals surface area contributed by atoms with Crippen LogP contribution >= 0.6 is 0 Å². The largest absolute Gasteiger partial charge is 0.328 e. The molecule has 8 heteroatoms. The molecule has 3 aromatic heterocycles. The van der Waals surface area contributed by atoms with Gasteiger partial charge in [0.25, 0.3) is 0 Å². The lowest BCUT2D eigenvalue weighted by molar-refractivity contribution is 0.354. The van der Waals surface area contributed by atoms with Crippen molar-refractivity contribution in [3.05, 3.63) is 71.2 Å². The minimum absolute atomic E-state index is 0.0623. The number of pyridine rings is 1. The second-order valence-corrected chi connectivity index (χ2v) is 10.1. The molecule has 0 spiro atoms. The van der Waals surface area contributed by atoms with E-state index >= 15 is 0 Å². The summed E-state index contributed by atoms with van der Waals surface area (Å²) in [4.78, 5) is 17.9. The van der Waals surface area contributed by atoms with Gasteiger partial charge in [-0.2, -0.15) is 5.21 Å². The summed E-state index contributed by atoms with van der Waals surface area (Å²) in [6.07, 6.45) is 9.67. The summed E-state index contributed by atoms with van der Waals surface area (Å²) < 4.78 is 3.80. The maximum absolute atomic E-state index is 13.5. The molecular formula is C27H33N7O. The molecule has 5 rings (SSSR count). The van der Waals surface area contributed by atoms with Crippen LogP contribution in [0.25, 0.3) is 22.5 Å². The molecule has 0 saturated heterocycles. The lowest BCUT2D eigenvalue weighted by Crippen LogP contribution is -2.29. The summed E-state index contributed by atoms with van der Waals surface area (Å²) in [6.45, 7) is 9.63. The molecule has 1 aliphatic carbocycles. The first-order valence-electron chi connectivity index (χ1n) is 12.5. The van der Waals surface area contributed by atoms with Gasteiger partial charge >= 0.3 is 5.69 Å². The third-order valence-electron chi connectivity index (χ3n) is 7.59. The van der Waals surface area contributed by atoms with Gasteiger partial charge in [-0.15, -0.1) is 10.2 Å². The smallest absolute Gasteiger partial charge is 0.296 e. The van der Waals surface area contributed by atoms with Crippen molar-refractivity contribution in [3.63, 3.8) is 0 Å². The van der Waals surface area contributed by atoms with Crippen LogP contribution in [0.3, 0.4) is 0 Å². The fourth-order valence-corrected chi connectivity index (χ4v) is 5.90. The number of tetrazole rings is 1. The number of H-pyrrole nitrogens is 1. The van der Waals surface area contributed by atoms with Gasteiger partial charge in [-0.3, -0.25) is 14.1 Å². The molecule has 1 N–H and O–H groups in total. The maximum atomic E-state index is 13.5. The molecule has 4 atom stereocenters. The van der Waals surface area contributed by atoms with Crippen molar-refractivity contribution in [1.82, 2.24) is 34.7 Å². The van der Waals surface area contributed by atoms with Crippen LogP contribution in [0, 0.1) is 23.7 Å². The number of nitrogens with zero attached hydrogens (tertiary/aromatic N) is 6. The molecule has 0 amide bonds. The minimum Gasteiger partial charge on any atom is -0.296 e. The van der Waals surface area contributed by atoms with Crippen LogP contribution in [0.5, 0.6) is 0 Å². The minimum atomic E-state index is 0.0623. The number of rotatable bonds is 9. The van der Waals surface area contributed by atoms with Crippen molar-refractivity contribution in [2.24, 2.45) is 23.7 Å². The van der Waals surface area contributed by atoms with Gasteiger partial charge in [-0.25, -0.2) is 4.79 Å². The highest BCUT2D eigenvalue weighted by molar-refractivity contribution is 5.69. The van der Waals surface area contributed by atoms with E-state index < -0.39 is 0 Å². The van der Waals surface area contributed by atoms with E-state index in [9.17, 15) is 4.79 Å². The zero-order chi connectivity index (χ0) is 24.5.